The monoisotopic (exact) mass is 484 g/mol. The number of anilines is 2. The fourth-order valence-corrected chi connectivity index (χ4v) is 2.83. The fraction of sp³-hybridized carbons (Fsp3) is 0.0909. The molecule has 0 bridgehead atoms. The van der Waals surface area contributed by atoms with Crippen molar-refractivity contribution in [3.8, 4) is 11.5 Å². The minimum absolute atomic E-state index is 0.214. The number of rotatable bonds is 4. The zero-order valence-electron chi connectivity index (χ0n) is 16.8. The highest BCUT2D eigenvalue weighted by molar-refractivity contribution is 5.94. The van der Waals surface area contributed by atoms with Gasteiger partial charge < -0.3 is 20.9 Å². The average Bonchev–Trinajstić information content (AvgIpc) is 2.72. The number of esters is 2. The van der Waals surface area contributed by atoms with E-state index in [1.165, 1.54) is 18.2 Å². The van der Waals surface area contributed by atoms with Gasteiger partial charge in [-0.25, -0.2) is 9.59 Å². The van der Waals surface area contributed by atoms with Gasteiger partial charge in [0.25, 0.3) is 0 Å². The average molecular weight is 484 g/mol. The molecule has 0 spiro atoms. The smallest absolute Gasteiger partial charge is 0.418 e. The molecule has 0 aliphatic carbocycles. The Morgan fingerprint density at radius 3 is 1.85 bits per heavy atom. The quantitative estimate of drug-likeness (QED) is 0.225. The molecule has 0 amide bonds. The Labute approximate surface area is 187 Å². The first kappa shape index (κ1) is 24.4. The third kappa shape index (κ3) is 5.57. The molecule has 0 aliphatic heterocycles. The normalized spacial score (nSPS) is 11.7. The summed E-state index contributed by atoms with van der Waals surface area (Å²) in [7, 11) is 0. The van der Waals surface area contributed by atoms with Crippen LogP contribution in [0.4, 0.5) is 37.7 Å². The number of carbonyl (C=O) groups excluding carboxylic acids is 2. The second kappa shape index (κ2) is 8.96. The maximum atomic E-state index is 13.2. The van der Waals surface area contributed by atoms with Crippen molar-refractivity contribution in [2.75, 3.05) is 11.5 Å². The molecule has 0 atom stereocenters. The number of nitrogen functional groups attached to an aromatic ring is 2. The number of hydrogen-bond donors (Lipinski definition) is 2. The molecule has 3 aromatic rings. The minimum atomic E-state index is -4.88. The lowest BCUT2D eigenvalue weighted by Crippen LogP contribution is -2.17. The molecular formula is C22H14F6N2O4. The third-order valence-electron chi connectivity index (χ3n) is 4.39. The van der Waals surface area contributed by atoms with E-state index in [9.17, 15) is 35.9 Å². The highest BCUT2D eigenvalue weighted by Gasteiger charge is 2.36. The molecule has 178 valence electrons. The zero-order chi connectivity index (χ0) is 25.3. The molecule has 34 heavy (non-hydrogen) atoms. The van der Waals surface area contributed by atoms with Crippen LogP contribution in [0.3, 0.4) is 0 Å². The van der Waals surface area contributed by atoms with Gasteiger partial charge in [0, 0.05) is 17.4 Å². The Balaban J connectivity index is 1.80. The summed E-state index contributed by atoms with van der Waals surface area (Å²) in [5.41, 5.74) is 6.07. The van der Waals surface area contributed by atoms with Crippen molar-refractivity contribution in [1.82, 2.24) is 0 Å². The predicted octanol–water partition coefficient (Wildman–Crippen LogP) is 5.33. The van der Waals surface area contributed by atoms with Gasteiger partial charge in [0.05, 0.1) is 22.3 Å². The van der Waals surface area contributed by atoms with Crippen LogP contribution in [0.5, 0.6) is 11.5 Å². The Kier molecular flexibility index (Phi) is 6.44. The third-order valence-corrected chi connectivity index (χ3v) is 4.39. The Bertz CT molecular complexity index is 1250. The molecule has 6 nitrogen and oxygen atoms in total. The highest BCUT2D eigenvalue weighted by Crippen LogP contribution is 2.35. The van der Waals surface area contributed by atoms with Gasteiger partial charge in [0.2, 0.25) is 0 Å². The summed E-state index contributed by atoms with van der Waals surface area (Å²) in [6.45, 7) is 0. The molecule has 4 N–H and O–H groups in total. The zero-order valence-corrected chi connectivity index (χ0v) is 16.8. The van der Waals surface area contributed by atoms with Gasteiger partial charge in [0.1, 0.15) is 11.5 Å². The first-order valence-corrected chi connectivity index (χ1v) is 9.23. The molecule has 3 rings (SSSR count). The van der Waals surface area contributed by atoms with Crippen molar-refractivity contribution >= 4 is 23.3 Å². The van der Waals surface area contributed by atoms with Crippen molar-refractivity contribution in [3.05, 3.63) is 82.9 Å². The lowest BCUT2D eigenvalue weighted by molar-refractivity contribution is -0.138. The van der Waals surface area contributed by atoms with Gasteiger partial charge in [-0.05, 0) is 48.5 Å². The van der Waals surface area contributed by atoms with Gasteiger partial charge >= 0.3 is 24.3 Å². The molecule has 0 unspecified atom stereocenters. The number of alkyl halides is 6. The van der Waals surface area contributed by atoms with Crippen LogP contribution in [0.2, 0.25) is 0 Å². The van der Waals surface area contributed by atoms with Gasteiger partial charge in [-0.3, -0.25) is 0 Å². The van der Waals surface area contributed by atoms with Crippen molar-refractivity contribution < 1.29 is 45.4 Å². The lowest BCUT2D eigenvalue weighted by atomic mass is 10.1. The first-order valence-electron chi connectivity index (χ1n) is 9.23. The van der Waals surface area contributed by atoms with Crippen molar-refractivity contribution in [1.29, 1.82) is 0 Å². The lowest BCUT2D eigenvalue weighted by Gasteiger charge is -2.13. The molecule has 0 radical (unpaired) electrons. The number of benzene rings is 3. The highest BCUT2D eigenvalue weighted by atomic mass is 19.4. The van der Waals surface area contributed by atoms with E-state index in [1.807, 2.05) is 0 Å². The van der Waals surface area contributed by atoms with Crippen LogP contribution >= 0.6 is 0 Å². The van der Waals surface area contributed by atoms with Crippen LogP contribution in [0.15, 0.2) is 60.7 Å². The second-order valence-electron chi connectivity index (χ2n) is 6.86. The van der Waals surface area contributed by atoms with Gasteiger partial charge in [-0.15, -0.1) is 0 Å². The molecule has 0 saturated heterocycles. The number of nitrogens with two attached hydrogens (primary N) is 2. The summed E-state index contributed by atoms with van der Waals surface area (Å²) in [6, 6.07) is 9.63. The minimum Gasteiger partial charge on any atom is -0.423 e. The van der Waals surface area contributed by atoms with Gasteiger partial charge in [-0.1, -0.05) is 6.07 Å². The van der Waals surface area contributed by atoms with Crippen LogP contribution in [0, 0.1) is 0 Å². The molecule has 0 saturated carbocycles. The largest absolute Gasteiger partial charge is 0.423 e. The topological polar surface area (TPSA) is 105 Å². The van der Waals surface area contributed by atoms with Crippen molar-refractivity contribution in [3.63, 3.8) is 0 Å². The molecule has 3 aromatic carbocycles. The summed E-state index contributed by atoms with van der Waals surface area (Å²) in [5.74, 6) is -3.06. The first-order chi connectivity index (χ1) is 15.8. The fourth-order valence-electron chi connectivity index (χ4n) is 2.83. The van der Waals surface area contributed by atoms with Crippen molar-refractivity contribution in [2.24, 2.45) is 0 Å². The predicted molar refractivity (Wildman–Crippen MR) is 108 cm³/mol. The Morgan fingerprint density at radius 2 is 1.26 bits per heavy atom. The van der Waals surface area contributed by atoms with Gasteiger partial charge in [-0.2, -0.15) is 26.3 Å². The molecule has 0 aliphatic rings. The van der Waals surface area contributed by atoms with Crippen LogP contribution < -0.4 is 20.9 Å². The number of ether oxygens (including phenoxy) is 2. The summed E-state index contributed by atoms with van der Waals surface area (Å²) in [5, 5.41) is 0. The summed E-state index contributed by atoms with van der Waals surface area (Å²) >= 11 is 0. The SMILES string of the molecule is Nc1ccc(C(=O)Oc2cccc(OC(=O)c3ccc(N)c(C(F)(F)F)c3)c2)c(C(F)(F)F)c1. The van der Waals surface area contributed by atoms with E-state index in [1.54, 1.807) is 0 Å². The second-order valence-corrected chi connectivity index (χ2v) is 6.86. The van der Waals surface area contributed by atoms with Crippen LogP contribution in [0.1, 0.15) is 31.8 Å². The van der Waals surface area contributed by atoms with E-state index >= 15 is 0 Å². The van der Waals surface area contributed by atoms with Crippen LogP contribution in [0.25, 0.3) is 0 Å². The van der Waals surface area contributed by atoms with Gasteiger partial charge in [0.15, 0.2) is 0 Å². The van der Waals surface area contributed by atoms with Crippen LogP contribution in [-0.2, 0) is 12.4 Å². The van der Waals surface area contributed by atoms with E-state index in [0.717, 1.165) is 30.3 Å². The Hall–Kier alpha value is -4.22. The molecule has 0 aromatic heterocycles. The van der Waals surface area contributed by atoms with E-state index in [4.69, 9.17) is 20.9 Å². The molecule has 0 fully saturated rings. The maximum Gasteiger partial charge on any atom is 0.418 e. The number of hydrogen-bond acceptors (Lipinski definition) is 6. The standard InChI is InChI=1S/C22H14F6N2O4/c23-21(24,25)16-9-12(29)5-6-15(16)20(32)34-14-3-1-2-13(10-14)33-19(31)11-4-7-18(30)17(8-11)22(26,27)28/h1-10H,29-30H2. The summed E-state index contributed by atoms with van der Waals surface area (Å²) in [4.78, 5) is 24.6. The van der Waals surface area contributed by atoms with E-state index < -0.39 is 52.2 Å². The summed E-state index contributed by atoms with van der Waals surface area (Å²) < 4.78 is 88.6. The molecule has 12 heteroatoms. The Morgan fingerprint density at radius 1 is 0.676 bits per heavy atom. The van der Waals surface area contributed by atoms with Crippen LogP contribution in [-0.4, -0.2) is 11.9 Å². The van der Waals surface area contributed by atoms with E-state index in [2.05, 4.69) is 0 Å². The number of carbonyl (C=O) groups is 2. The maximum absolute atomic E-state index is 13.2. The molecular weight excluding hydrogens is 470 g/mol. The number of halogens is 6. The molecule has 0 heterocycles. The van der Waals surface area contributed by atoms with E-state index in [0.29, 0.717) is 12.1 Å². The van der Waals surface area contributed by atoms with Crippen molar-refractivity contribution in [2.45, 2.75) is 12.4 Å². The summed E-state index contributed by atoms with van der Waals surface area (Å²) in [6.07, 6.45) is -9.68. The van der Waals surface area contributed by atoms with E-state index in [-0.39, 0.29) is 17.2 Å².